The molecule has 29 heavy (non-hydrogen) atoms. The maximum atomic E-state index is 12.9. The molecule has 1 aliphatic heterocycles. The average molecular weight is 423 g/mol. The molecule has 0 radical (unpaired) electrons. The SMILES string of the molecule is COc1ccc(Cl)cc1C(=O)N1CCC(C(=O)N[C@@H]2[C@@H](C)[C@@H](OC)C2(C)C)CC1. The first-order valence-electron chi connectivity index (χ1n) is 10.2. The number of carbonyl (C=O) groups is 2. The monoisotopic (exact) mass is 422 g/mol. The molecule has 2 amide bonds. The lowest BCUT2D eigenvalue weighted by molar-refractivity contribution is -0.156. The minimum Gasteiger partial charge on any atom is -0.496 e. The number of piperidine rings is 1. The lowest BCUT2D eigenvalue weighted by Crippen LogP contribution is -2.68. The number of likely N-dealkylation sites (tertiary alicyclic amines) is 1. The number of carbonyl (C=O) groups excluding carboxylic acids is 2. The van der Waals surface area contributed by atoms with Crippen molar-refractivity contribution in [1.29, 1.82) is 0 Å². The smallest absolute Gasteiger partial charge is 0.257 e. The van der Waals surface area contributed by atoms with Crippen LogP contribution in [-0.4, -0.2) is 56.2 Å². The highest BCUT2D eigenvalue weighted by atomic mass is 35.5. The number of hydrogen-bond donors (Lipinski definition) is 1. The third-order valence-electron chi connectivity index (χ3n) is 6.63. The molecule has 6 nitrogen and oxygen atoms in total. The molecule has 0 aromatic heterocycles. The summed E-state index contributed by atoms with van der Waals surface area (Å²) in [7, 11) is 3.26. The van der Waals surface area contributed by atoms with Crippen LogP contribution in [0.25, 0.3) is 0 Å². The first-order valence-corrected chi connectivity index (χ1v) is 10.5. The van der Waals surface area contributed by atoms with Crippen LogP contribution in [0.15, 0.2) is 18.2 Å². The molecule has 1 saturated carbocycles. The van der Waals surface area contributed by atoms with Crippen LogP contribution in [0.4, 0.5) is 0 Å². The van der Waals surface area contributed by atoms with Gasteiger partial charge in [0.2, 0.25) is 5.91 Å². The van der Waals surface area contributed by atoms with Crippen LogP contribution >= 0.6 is 11.6 Å². The zero-order valence-corrected chi connectivity index (χ0v) is 18.6. The van der Waals surface area contributed by atoms with E-state index >= 15 is 0 Å². The van der Waals surface area contributed by atoms with Crippen LogP contribution in [-0.2, 0) is 9.53 Å². The summed E-state index contributed by atoms with van der Waals surface area (Å²) < 4.78 is 10.9. The van der Waals surface area contributed by atoms with E-state index in [1.165, 1.54) is 7.11 Å². The van der Waals surface area contributed by atoms with Gasteiger partial charge < -0.3 is 19.7 Å². The molecule has 0 unspecified atom stereocenters. The van der Waals surface area contributed by atoms with E-state index in [4.69, 9.17) is 21.1 Å². The van der Waals surface area contributed by atoms with Crippen molar-refractivity contribution in [2.75, 3.05) is 27.3 Å². The number of nitrogens with zero attached hydrogens (tertiary/aromatic N) is 1. The van der Waals surface area contributed by atoms with Crippen molar-refractivity contribution in [1.82, 2.24) is 10.2 Å². The molecular weight excluding hydrogens is 392 g/mol. The Bertz CT molecular complexity index is 774. The standard InChI is InChI=1S/C22H31ClN2O4/c1-13-18(22(2,3)19(13)29-5)24-20(26)14-8-10-25(11-9-14)21(27)16-12-15(23)6-7-17(16)28-4/h6-7,12-14,18-19H,8-11H2,1-5H3,(H,24,26)/t13-,18-,19-/m1/s1. The van der Waals surface area contributed by atoms with Gasteiger partial charge in [-0.1, -0.05) is 32.4 Å². The summed E-state index contributed by atoms with van der Waals surface area (Å²) in [6.45, 7) is 7.45. The van der Waals surface area contributed by atoms with Crippen molar-refractivity contribution in [3.8, 4) is 5.75 Å². The number of rotatable bonds is 5. The molecule has 1 saturated heterocycles. The topological polar surface area (TPSA) is 67.9 Å². The molecule has 7 heteroatoms. The summed E-state index contributed by atoms with van der Waals surface area (Å²) in [5, 5.41) is 3.73. The van der Waals surface area contributed by atoms with Crippen LogP contribution in [0.5, 0.6) is 5.75 Å². The van der Waals surface area contributed by atoms with Gasteiger partial charge in [-0.2, -0.15) is 0 Å². The summed E-state index contributed by atoms with van der Waals surface area (Å²) >= 11 is 6.06. The molecule has 2 fully saturated rings. The third-order valence-corrected chi connectivity index (χ3v) is 6.87. The van der Waals surface area contributed by atoms with E-state index in [1.807, 2.05) is 0 Å². The van der Waals surface area contributed by atoms with Gasteiger partial charge >= 0.3 is 0 Å². The Morgan fingerprint density at radius 3 is 2.41 bits per heavy atom. The van der Waals surface area contributed by atoms with Gasteiger partial charge in [-0.05, 0) is 31.0 Å². The van der Waals surface area contributed by atoms with Crippen LogP contribution in [0.1, 0.15) is 44.0 Å². The molecule has 1 N–H and O–H groups in total. The Morgan fingerprint density at radius 1 is 1.21 bits per heavy atom. The van der Waals surface area contributed by atoms with Gasteiger partial charge in [0.05, 0.1) is 18.8 Å². The predicted molar refractivity (Wildman–Crippen MR) is 112 cm³/mol. The van der Waals surface area contributed by atoms with Gasteiger partial charge in [-0.15, -0.1) is 0 Å². The number of ether oxygens (including phenoxy) is 2. The van der Waals surface area contributed by atoms with Gasteiger partial charge in [-0.3, -0.25) is 9.59 Å². The number of nitrogens with one attached hydrogen (secondary N) is 1. The van der Waals surface area contributed by atoms with Gasteiger partial charge in [-0.25, -0.2) is 0 Å². The molecule has 3 atom stereocenters. The summed E-state index contributed by atoms with van der Waals surface area (Å²) in [4.78, 5) is 27.5. The van der Waals surface area contributed by atoms with E-state index in [2.05, 4.69) is 26.1 Å². The molecule has 1 heterocycles. The Kier molecular flexibility index (Phi) is 6.44. The van der Waals surface area contributed by atoms with Crippen molar-refractivity contribution >= 4 is 23.4 Å². The van der Waals surface area contributed by atoms with Crippen molar-refractivity contribution in [2.24, 2.45) is 17.3 Å². The van der Waals surface area contributed by atoms with Crippen molar-refractivity contribution in [3.05, 3.63) is 28.8 Å². The van der Waals surface area contributed by atoms with Crippen molar-refractivity contribution in [3.63, 3.8) is 0 Å². The van der Waals surface area contributed by atoms with E-state index < -0.39 is 0 Å². The summed E-state index contributed by atoms with van der Waals surface area (Å²) in [5.74, 6) is 0.686. The second-order valence-corrected chi connectivity index (χ2v) is 9.17. The van der Waals surface area contributed by atoms with E-state index in [1.54, 1.807) is 30.2 Å². The molecular formula is C22H31ClN2O4. The molecule has 160 valence electrons. The minimum atomic E-state index is -0.111. The average Bonchev–Trinajstić information content (AvgIpc) is 2.71. The fourth-order valence-electron chi connectivity index (χ4n) is 5.06. The highest BCUT2D eigenvalue weighted by Crippen LogP contribution is 2.47. The molecule has 1 aliphatic carbocycles. The second-order valence-electron chi connectivity index (χ2n) is 8.73. The van der Waals surface area contributed by atoms with Gasteiger partial charge in [0, 0.05) is 48.5 Å². The van der Waals surface area contributed by atoms with E-state index in [0.717, 1.165) is 0 Å². The quantitative estimate of drug-likeness (QED) is 0.789. The normalized spacial score (nSPS) is 26.6. The van der Waals surface area contributed by atoms with Crippen LogP contribution < -0.4 is 10.1 Å². The Balaban J connectivity index is 1.57. The highest BCUT2D eigenvalue weighted by molar-refractivity contribution is 6.31. The first-order chi connectivity index (χ1) is 13.7. The Morgan fingerprint density at radius 2 is 1.86 bits per heavy atom. The number of methoxy groups -OCH3 is 2. The molecule has 3 rings (SSSR count). The number of amides is 2. The fourth-order valence-corrected chi connectivity index (χ4v) is 5.23. The molecule has 2 aliphatic rings. The summed E-state index contributed by atoms with van der Waals surface area (Å²) in [6, 6.07) is 5.14. The second kappa shape index (κ2) is 8.52. The van der Waals surface area contributed by atoms with Gasteiger partial charge in [0.15, 0.2) is 0 Å². The Hall–Kier alpha value is -1.79. The lowest BCUT2D eigenvalue weighted by Gasteiger charge is -2.56. The van der Waals surface area contributed by atoms with Crippen LogP contribution in [0, 0.1) is 17.3 Å². The molecule has 1 aromatic rings. The van der Waals surface area contributed by atoms with Crippen molar-refractivity contribution in [2.45, 2.75) is 45.8 Å². The zero-order chi connectivity index (χ0) is 21.3. The van der Waals surface area contributed by atoms with Crippen LogP contribution in [0.3, 0.4) is 0 Å². The lowest BCUT2D eigenvalue weighted by atomic mass is 9.57. The van der Waals surface area contributed by atoms with Crippen LogP contribution in [0.2, 0.25) is 5.02 Å². The predicted octanol–water partition coefficient (Wildman–Crippen LogP) is 3.38. The number of benzene rings is 1. The number of hydrogen-bond acceptors (Lipinski definition) is 4. The molecule has 0 spiro atoms. The minimum absolute atomic E-state index is 0.0788. The maximum Gasteiger partial charge on any atom is 0.257 e. The fraction of sp³-hybridized carbons (Fsp3) is 0.636. The van der Waals surface area contributed by atoms with E-state index in [-0.39, 0.29) is 41.2 Å². The summed E-state index contributed by atoms with van der Waals surface area (Å²) in [6.07, 6.45) is 1.45. The molecule has 1 aromatic carbocycles. The maximum absolute atomic E-state index is 12.9. The van der Waals surface area contributed by atoms with E-state index in [0.29, 0.717) is 42.3 Å². The highest BCUT2D eigenvalue weighted by Gasteiger charge is 2.55. The largest absolute Gasteiger partial charge is 0.496 e. The zero-order valence-electron chi connectivity index (χ0n) is 17.8. The number of halogens is 1. The van der Waals surface area contributed by atoms with E-state index in [9.17, 15) is 9.59 Å². The van der Waals surface area contributed by atoms with Gasteiger partial charge in [0.1, 0.15) is 5.75 Å². The third kappa shape index (κ3) is 4.10. The van der Waals surface area contributed by atoms with Gasteiger partial charge in [0.25, 0.3) is 5.91 Å². The first kappa shape index (κ1) is 21.9. The molecule has 0 bridgehead atoms. The Labute approximate surface area is 177 Å². The summed E-state index contributed by atoms with van der Waals surface area (Å²) in [5.41, 5.74) is 0.377. The van der Waals surface area contributed by atoms with Crippen molar-refractivity contribution < 1.29 is 19.1 Å².